The van der Waals surface area contributed by atoms with Crippen LogP contribution >= 0.6 is 11.3 Å². The van der Waals surface area contributed by atoms with E-state index in [0.717, 1.165) is 28.4 Å². The van der Waals surface area contributed by atoms with Crippen LogP contribution in [0.4, 0.5) is 5.82 Å². The first-order valence-electron chi connectivity index (χ1n) is 5.72. The number of nitrogens with one attached hydrogen (secondary N) is 1. The third-order valence-electron chi connectivity index (χ3n) is 2.62. The molecule has 6 heteroatoms. The van der Waals surface area contributed by atoms with Crippen LogP contribution in [0.15, 0.2) is 11.4 Å². The summed E-state index contributed by atoms with van der Waals surface area (Å²) in [5, 5.41) is 14.7. The van der Waals surface area contributed by atoms with E-state index >= 15 is 0 Å². The van der Waals surface area contributed by atoms with Gasteiger partial charge in [-0.1, -0.05) is 0 Å². The highest BCUT2D eigenvalue weighted by molar-refractivity contribution is 7.16. The predicted octanol–water partition coefficient (Wildman–Crippen LogP) is 2.08. The minimum atomic E-state index is 0.524. The molecule has 0 unspecified atom stereocenters. The van der Waals surface area contributed by atoms with E-state index in [-0.39, 0.29) is 0 Å². The first-order valence-corrected chi connectivity index (χ1v) is 6.60. The third kappa shape index (κ3) is 2.75. The molecule has 1 N–H and O–H groups in total. The van der Waals surface area contributed by atoms with Crippen LogP contribution in [0.2, 0.25) is 0 Å². The summed E-state index contributed by atoms with van der Waals surface area (Å²) in [6.07, 6.45) is 0.524. The Hall–Kier alpha value is -1.71. The topological polar surface area (TPSA) is 64.8 Å². The van der Waals surface area contributed by atoms with E-state index in [0.29, 0.717) is 13.0 Å². The first-order chi connectivity index (χ1) is 8.74. The molecule has 0 aliphatic heterocycles. The van der Waals surface area contributed by atoms with E-state index < -0.39 is 0 Å². The molecule has 94 valence electrons. The summed E-state index contributed by atoms with van der Waals surface area (Å²) < 4.78 is 0. The molecular formula is C12H15N5S. The minimum absolute atomic E-state index is 0.524. The zero-order valence-electron chi connectivity index (χ0n) is 10.5. The number of nitrogens with zero attached hydrogens (tertiary/aromatic N) is 4. The molecule has 2 rings (SSSR count). The average molecular weight is 261 g/mol. The molecule has 2 heterocycles. The van der Waals surface area contributed by atoms with Gasteiger partial charge in [0.25, 0.3) is 0 Å². The summed E-state index contributed by atoms with van der Waals surface area (Å²) in [7, 11) is 3.83. The molecule has 2 aromatic rings. The predicted molar refractivity (Wildman–Crippen MR) is 73.5 cm³/mol. The van der Waals surface area contributed by atoms with Crippen molar-refractivity contribution >= 4 is 27.4 Å². The largest absolute Gasteiger partial charge is 0.372 e. The van der Waals surface area contributed by atoms with Gasteiger partial charge in [-0.3, -0.25) is 4.90 Å². The zero-order chi connectivity index (χ0) is 13.0. The minimum Gasteiger partial charge on any atom is -0.372 e. The molecule has 0 aliphatic carbocycles. The Balaban J connectivity index is 2.20. The lowest BCUT2D eigenvalue weighted by Gasteiger charge is -2.14. The SMILES string of the molecule is CNc1nc(CN(C)CCC#N)nc2sccc12. The van der Waals surface area contributed by atoms with Gasteiger partial charge in [-0.15, -0.1) is 11.3 Å². The summed E-state index contributed by atoms with van der Waals surface area (Å²) in [5.41, 5.74) is 0. The highest BCUT2D eigenvalue weighted by Crippen LogP contribution is 2.24. The second-order valence-electron chi connectivity index (χ2n) is 4.02. The number of hydrogen-bond acceptors (Lipinski definition) is 6. The smallest absolute Gasteiger partial charge is 0.146 e. The number of anilines is 1. The molecule has 0 bridgehead atoms. The standard InChI is InChI=1S/C12H15N5S/c1-14-11-9-4-7-18-12(9)16-10(15-11)8-17(2)6-3-5-13/h4,7H,3,6,8H2,1-2H3,(H,14,15,16). The van der Waals surface area contributed by atoms with E-state index in [4.69, 9.17) is 5.26 Å². The monoisotopic (exact) mass is 261 g/mol. The zero-order valence-corrected chi connectivity index (χ0v) is 11.3. The number of nitriles is 1. The van der Waals surface area contributed by atoms with Gasteiger partial charge in [0.15, 0.2) is 0 Å². The van der Waals surface area contributed by atoms with Crippen molar-refractivity contribution in [1.29, 1.82) is 5.26 Å². The molecule has 0 atom stereocenters. The fourth-order valence-electron chi connectivity index (χ4n) is 1.72. The third-order valence-corrected chi connectivity index (χ3v) is 3.43. The molecule has 0 saturated carbocycles. The van der Waals surface area contributed by atoms with E-state index in [9.17, 15) is 0 Å². The Morgan fingerprint density at radius 2 is 2.33 bits per heavy atom. The maximum absolute atomic E-state index is 8.56. The normalized spacial score (nSPS) is 10.8. The Morgan fingerprint density at radius 1 is 1.50 bits per heavy atom. The number of fused-ring (bicyclic) bond motifs is 1. The average Bonchev–Trinajstić information content (AvgIpc) is 2.83. The molecule has 0 radical (unpaired) electrons. The van der Waals surface area contributed by atoms with E-state index in [1.54, 1.807) is 11.3 Å². The van der Waals surface area contributed by atoms with Gasteiger partial charge in [0.1, 0.15) is 16.5 Å². The second kappa shape index (κ2) is 5.76. The second-order valence-corrected chi connectivity index (χ2v) is 4.92. The van der Waals surface area contributed by atoms with Crippen LogP contribution in [0.3, 0.4) is 0 Å². The van der Waals surface area contributed by atoms with Crippen LogP contribution in [0, 0.1) is 11.3 Å². The lowest BCUT2D eigenvalue weighted by Crippen LogP contribution is -2.20. The maximum atomic E-state index is 8.56. The van der Waals surface area contributed by atoms with Crippen molar-refractivity contribution in [2.24, 2.45) is 0 Å². The van der Waals surface area contributed by atoms with Gasteiger partial charge in [0.05, 0.1) is 18.0 Å². The van der Waals surface area contributed by atoms with Crippen LogP contribution in [-0.2, 0) is 6.54 Å². The van der Waals surface area contributed by atoms with Gasteiger partial charge in [0, 0.05) is 20.0 Å². The quantitative estimate of drug-likeness (QED) is 0.892. The maximum Gasteiger partial charge on any atom is 0.146 e. The van der Waals surface area contributed by atoms with Crippen LogP contribution in [-0.4, -0.2) is 35.5 Å². The van der Waals surface area contributed by atoms with Gasteiger partial charge in [-0.05, 0) is 18.5 Å². The van der Waals surface area contributed by atoms with Crippen molar-refractivity contribution in [3.05, 3.63) is 17.3 Å². The van der Waals surface area contributed by atoms with Crippen molar-refractivity contribution < 1.29 is 0 Å². The number of aromatic nitrogens is 2. The van der Waals surface area contributed by atoms with Gasteiger partial charge in [-0.25, -0.2) is 9.97 Å². The first kappa shape index (κ1) is 12.7. The fraction of sp³-hybridized carbons (Fsp3) is 0.417. The molecule has 5 nitrogen and oxygen atoms in total. The summed E-state index contributed by atoms with van der Waals surface area (Å²) in [6.45, 7) is 1.39. The molecule has 0 amide bonds. The van der Waals surface area contributed by atoms with Crippen LogP contribution < -0.4 is 5.32 Å². The van der Waals surface area contributed by atoms with Crippen molar-refractivity contribution in [2.45, 2.75) is 13.0 Å². The highest BCUT2D eigenvalue weighted by Gasteiger charge is 2.09. The molecule has 0 aliphatic rings. The molecule has 0 fully saturated rings. The fourth-order valence-corrected chi connectivity index (χ4v) is 2.50. The van der Waals surface area contributed by atoms with Gasteiger partial charge < -0.3 is 5.32 Å². The molecule has 18 heavy (non-hydrogen) atoms. The summed E-state index contributed by atoms with van der Waals surface area (Å²) >= 11 is 1.61. The van der Waals surface area contributed by atoms with Gasteiger partial charge in [-0.2, -0.15) is 5.26 Å². The van der Waals surface area contributed by atoms with E-state index in [1.165, 1.54) is 0 Å². The molecule has 0 spiro atoms. The van der Waals surface area contributed by atoms with Crippen molar-refractivity contribution in [2.75, 3.05) is 26.0 Å². The van der Waals surface area contributed by atoms with Crippen LogP contribution in [0.25, 0.3) is 10.2 Å². The molecule has 0 saturated heterocycles. The van der Waals surface area contributed by atoms with Crippen molar-refractivity contribution in [3.63, 3.8) is 0 Å². The summed E-state index contributed by atoms with van der Waals surface area (Å²) in [4.78, 5) is 12.1. The van der Waals surface area contributed by atoms with Crippen LogP contribution in [0.1, 0.15) is 12.2 Å². The van der Waals surface area contributed by atoms with Gasteiger partial charge in [0.2, 0.25) is 0 Å². The summed E-state index contributed by atoms with van der Waals surface area (Å²) in [5.74, 6) is 1.65. The lowest BCUT2D eigenvalue weighted by molar-refractivity contribution is 0.327. The Labute approximate surface area is 110 Å². The van der Waals surface area contributed by atoms with Crippen molar-refractivity contribution in [3.8, 4) is 6.07 Å². The Kier molecular flexibility index (Phi) is 4.07. The molecule has 0 aromatic carbocycles. The summed E-state index contributed by atoms with van der Waals surface area (Å²) in [6, 6.07) is 4.16. The highest BCUT2D eigenvalue weighted by atomic mass is 32.1. The Bertz CT molecular complexity index is 571. The number of thiophene rings is 1. The van der Waals surface area contributed by atoms with E-state index in [2.05, 4.69) is 26.3 Å². The molecular weight excluding hydrogens is 246 g/mol. The van der Waals surface area contributed by atoms with Crippen LogP contribution in [0.5, 0.6) is 0 Å². The van der Waals surface area contributed by atoms with Crippen molar-refractivity contribution in [1.82, 2.24) is 14.9 Å². The number of hydrogen-bond donors (Lipinski definition) is 1. The van der Waals surface area contributed by atoms with Gasteiger partial charge >= 0.3 is 0 Å². The Morgan fingerprint density at radius 3 is 3.06 bits per heavy atom. The number of rotatable bonds is 5. The molecule has 2 aromatic heterocycles. The van der Waals surface area contributed by atoms with E-state index in [1.807, 2.05) is 25.5 Å². The lowest BCUT2D eigenvalue weighted by atomic mass is 10.3.